The zero-order chi connectivity index (χ0) is 17.6. The molecule has 1 aliphatic heterocycles. The Kier molecular flexibility index (Phi) is 4.18. The van der Waals surface area contributed by atoms with E-state index in [9.17, 15) is 13.2 Å². The van der Waals surface area contributed by atoms with E-state index in [-0.39, 0.29) is 16.6 Å². The molecule has 24 heavy (non-hydrogen) atoms. The molecule has 1 heterocycles. The topological polar surface area (TPSA) is 54.5 Å². The van der Waals surface area contributed by atoms with Gasteiger partial charge in [0.05, 0.1) is 16.7 Å². The van der Waals surface area contributed by atoms with Crippen LogP contribution < -0.4 is 0 Å². The van der Waals surface area contributed by atoms with E-state index >= 15 is 0 Å². The predicted molar refractivity (Wildman–Crippen MR) is 94.3 cm³/mol. The molecule has 2 aromatic carbocycles. The zero-order valence-corrected chi connectivity index (χ0v) is 15.3. The number of hydrogen-bond donors (Lipinski definition) is 0. The molecule has 4 nitrogen and oxygen atoms in total. The van der Waals surface area contributed by atoms with Crippen molar-refractivity contribution in [1.29, 1.82) is 0 Å². The van der Waals surface area contributed by atoms with Crippen LogP contribution >= 0.6 is 11.6 Å². The van der Waals surface area contributed by atoms with E-state index in [0.29, 0.717) is 16.1 Å². The molecule has 6 heteroatoms. The summed E-state index contributed by atoms with van der Waals surface area (Å²) in [6.45, 7) is 3.86. The minimum atomic E-state index is -3.40. The van der Waals surface area contributed by atoms with Gasteiger partial charge in [-0.3, -0.25) is 4.79 Å². The maximum absolute atomic E-state index is 12.8. The molecule has 0 spiro atoms. The number of fused-ring (bicyclic) bond motifs is 1. The van der Waals surface area contributed by atoms with Gasteiger partial charge in [0, 0.05) is 17.6 Å². The summed E-state index contributed by atoms with van der Waals surface area (Å²) in [6.07, 6.45) is 0. The molecule has 2 aromatic rings. The molecule has 1 unspecified atom stereocenters. The number of halogens is 1. The normalized spacial score (nSPS) is 18.2. The van der Waals surface area contributed by atoms with E-state index in [1.54, 1.807) is 19.2 Å². The monoisotopic (exact) mass is 363 g/mol. The first-order valence-electron chi connectivity index (χ1n) is 7.57. The Balaban J connectivity index is 2.01. The quantitative estimate of drug-likeness (QED) is 0.819. The van der Waals surface area contributed by atoms with Gasteiger partial charge in [-0.05, 0) is 49.7 Å². The van der Waals surface area contributed by atoms with Gasteiger partial charge in [0.25, 0.3) is 5.91 Å². The molecule has 0 aliphatic carbocycles. The van der Waals surface area contributed by atoms with Gasteiger partial charge in [0.2, 0.25) is 0 Å². The van der Waals surface area contributed by atoms with E-state index in [1.165, 1.54) is 11.0 Å². The highest BCUT2D eigenvalue weighted by molar-refractivity contribution is 7.91. The van der Waals surface area contributed by atoms with Crippen molar-refractivity contribution in [1.82, 2.24) is 4.90 Å². The summed E-state index contributed by atoms with van der Waals surface area (Å²) >= 11 is 6.03. The molecule has 0 bridgehead atoms. The molecule has 0 N–H and O–H groups in total. The third-order valence-corrected chi connectivity index (χ3v) is 6.33. The maximum Gasteiger partial charge on any atom is 0.254 e. The summed E-state index contributed by atoms with van der Waals surface area (Å²) < 4.78 is 24.7. The zero-order valence-electron chi connectivity index (χ0n) is 13.7. The molecule has 0 fully saturated rings. The van der Waals surface area contributed by atoms with Gasteiger partial charge in [-0.25, -0.2) is 8.42 Å². The van der Waals surface area contributed by atoms with E-state index in [0.717, 1.165) is 11.1 Å². The van der Waals surface area contributed by atoms with Crippen LogP contribution in [-0.4, -0.2) is 32.0 Å². The third kappa shape index (κ3) is 2.94. The van der Waals surface area contributed by atoms with Crippen molar-refractivity contribution in [3.8, 4) is 0 Å². The number of nitrogens with zero attached hydrogens (tertiary/aromatic N) is 1. The number of rotatable bonds is 2. The van der Waals surface area contributed by atoms with Crippen LogP contribution in [0.15, 0.2) is 41.3 Å². The summed E-state index contributed by atoms with van der Waals surface area (Å²) in [5, 5.41) is 0.461. The highest BCUT2D eigenvalue weighted by Gasteiger charge is 2.38. The Bertz CT molecular complexity index is 917. The standard InChI is InChI=1S/C18H18ClNO3S/c1-11-6-12(2)8-13(7-11)18(21)20(3)16-10-24(22,23)17-5-4-14(19)9-15(16)17/h4-9,16H,10H2,1-3H3. The highest BCUT2D eigenvalue weighted by Crippen LogP contribution is 2.38. The van der Waals surface area contributed by atoms with E-state index < -0.39 is 15.9 Å². The molecule has 0 saturated carbocycles. The van der Waals surface area contributed by atoms with Crippen LogP contribution in [0, 0.1) is 13.8 Å². The van der Waals surface area contributed by atoms with Crippen LogP contribution in [0.25, 0.3) is 0 Å². The van der Waals surface area contributed by atoms with Gasteiger partial charge in [-0.2, -0.15) is 0 Å². The SMILES string of the molecule is Cc1cc(C)cc(C(=O)N(C)C2CS(=O)(=O)c3ccc(Cl)cc32)c1. The number of aryl methyl sites for hydroxylation is 2. The lowest BCUT2D eigenvalue weighted by Crippen LogP contribution is -2.32. The van der Waals surface area contributed by atoms with Crippen molar-refractivity contribution < 1.29 is 13.2 Å². The molecule has 3 rings (SSSR count). The van der Waals surface area contributed by atoms with Crippen molar-refractivity contribution >= 4 is 27.3 Å². The maximum atomic E-state index is 12.8. The number of sulfone groups is 1. The Labute approximate surface area is 147 Å². The summed E-state index contributed by atoms with van der Waals surface area (Å²) in [7, 11) is -1.77. The highest BCUT2D eigenvalue weighted by atomic mass is 35.5. The molecule has 0 aromatic heterocycles. The Morgan fingerprint density at radius 1 is 1.12 bits per heavy atom. The van der Waals surface area contributed by atoms with Crippen molar-refractivity contribution in [2.75, 3.05) is 12.8 Å². The summed E-state index contributed by atoms with van der Waals surface area (Å²) in [5.41, 5.74) is 3.13. The number of hydrogen-bond acceptors (Lipinski definition) is 3. The van der Waals surface area contributed by atoms with Gasteiger partial charge in [-0.15, -0.1) is 0 Å². The molecule has 1 amide bonds. The van der Waals surface area contributed by atoms with Gasteiger partial charge in [-0.1, -0.05) is 28.8 Å². The molecule has 126 valence electrons. The molecule has 0 saturated heterocycles. The Hall–Kier alpha value is -1.85. The third-order valence-electron chi connectivity index (χ3n) is 4.30. The molecular weight excluding hydrogens is 346 g/mol. The smallest absolute Gasteiger partial charge is 0.254 e. The lowest BCUT2D eigenvalue weighted by Gasteiger charge is -2.25. The summed E-state index contributed by atoms with van der Waals surface area (Å²) in [4.78, 5) is 14.6. The van der Waals surface area contributed by atoms with E-state index in [2.05, 4.69) is 0 Å². The fourth-order valence-corrected chi connectivity index (χ4v) is 5.22. The lowest BCUT2D eigenvalue weighted by molar-refractivity contribution is 0.0745. The first kappa shape index (κ1) is 17.0. The van der Waals surface area contributed by atoms with Crippen molar-refractivity contribution in [3.63, 3.8) is 0 Å². The second-order valence-corrected chi connectivity index (χ2v) is 8.71. The number of carbonyl (C=O) groups excluding carboxylic acids is 1. The van der Waals surface area contributed by atoms with Crippen LogP contribution in [0.1, 0.15) is 33.1 Å². The second-order valence-electron chi connectivity index (χ2n) is 6.27. The lowest BCUT2D eigenvalue weighted by atomic mass is 10.0. The minimum absolute atomic E-state index is 0.115. The van der Waals surface area contributed by atoms with Crippen LogP contribution in [0.3, 0.4) is 0 Å². The van der Waals surface area contributed by atoms with Crippen LogP contribution in [0.2, 0.25) is 5.02 Å². The van der Waals surface area contributed by atoms with Crippen molar-refractivity contribution in [2.24, 2.45) is 0 Å². The summed E-state index contributed by atoms with van der Waals surface area (Å²) in [5.74, 6) is -0.315. The molecular formula is C18H18ClNO3S. The van der Waals surface area contributed by atoms with Crippen LogP contribution in [0.4, 0.5) is 0 Å². The first-order valence-corrected chi connectivity index (χ1v) is 9.60. The van der Waals surface area contributed by atoms with Gasteiger partial charge in [0.15, 0.2) is 9.84 Å². The van der Waals surface area contributed by atoms with Crippen molar-refractivity contribution in [3.05, 3.63) is 63.7 Å². The first-order chi connectivity index (χ1) is 11.2. The average molecular weight is 364 g/mol. The number of amides is 1. The Morgan fingerprint density at radius 2 is 1.75 bits per heavy atom. The number of carbonyl (C=O) groups is 1. The average Bonchev–Trinajstić information content (AvgIpc) is 2.75. The van der Waals surface area contributed by atoms with E-state index in [4.69, 9.17) is 11.6 Å². The van der Waals surface area contributed by atoms with Gasteiger partial charge < -0.3 is 4.90 Å². The Morgan fingerprint density at radius 3 is 2.38 bits per heavy atom. The summed E-state index contributed by atoms with van der Waals surface area (Å²) in [6, 6.07) is 9.80. The fraction of sp³-hybridized carbons (Fsp3) is 0.278. The van der Waals surface area contributed by atoms with Crippen LogP contribution in [0.5, 0.6) is 0 Å². The number of benzene rings is 2. The predicted octanol–water partition coefficient (Wildman–Crippen LogP) is 3.56. The van der Waals surface area contributed by atoms with E-state index in [1.807, 2.05) is 32.0 Å². The second kappa shape index (κ2) is 5.90. The molecule has 0 radical (unpaired) electrons. The minimum Gasteiger partial charge on any atom is -0.334 e. The van der Waals surface area contributed by atoms with Crippen molar-refractivity contribution in [2.45, 2.75) is 24.8 Å². The van der Waals surface area contributed by atoms with Gasteiger partial charge >= 0.3 is 0 Å². The molecule has 1 aliphatic rings. The largest absolute Gasteiger partial charge is 0.334 e. The van der Waals surface area contributed by atoms with Crippen LogP contribution in [-0.2, 0) is 9.84 Å². The molecule has 1 atom stereocenters. The van der Waals surface area contributed by atoms with Gasteiger partial charge in [0.1, 0.15) is 0 Å². The fourth-order valence-electron chi connectivity index (χ4n) is 3.21.